The Morgan fingerprint density at radius 2 is 0.824 bits per heavy atom. The molecule has 3 aliphatic rings. The third-order valence-corrected chi connectivity index (χ3v) is 16.8. The maximum atomic E-state index is 7.05. The lowest BCUT2D eigenvalue weighted by Gasteiger charge is -2.28. The lowest BCUT2D eigenvalue weighted by Crippen LogP contribution is -2.11. The monoisotopic (exact) mass is 890 g/mol. The molecule has 2 aromatic heterocycles. The Kier molecular flexibility index (Phi) is 10.5. The van der Waals surface area contributed by atoms with E-state index in [4.69, 9.17) is 8.83 Å². The van der Waals surface area contributed by atoms with Gasteiger partial charge in [-0.05, 0) is 204 Å². The fourth-order valence-electron chi connectivity index (χ4n) is 12.8. The quantitative estimate of drug-likeness (QED) is 0.165. The zero-order valence-corrected chi connectivity index (χ0v) is 39.8. The molecule has 3 saturated carbocycles. The molecular weight excluding hydrogens is 829 g/mol. The molecule has 2 heterocycles. The number of anilines is 5. The molecular formula is C64H62N2O2. The zero-order chi connectivity index (χ0) is 45.3. The third-order valence-electron chi connectivity index (χ3n) is 16.8. The van der Waals surface area contributed by atoms with E-state index in [1.807, 2.05) is 0 Å². The highest BCUT2D eigenvalue weighted by Gasteiger charge is 2.24. The Bertz CT molecular complexity index is 3420. The second kappa shape index (κ2) is 17.2. The number of nitrogens with one attached hydrogen (secondary N) is 1. The molecule has 0 radical (unpaired) electrons. The van der Waals surface area contributed by atoms with Gasteiger partial charge < -0.3 is 19.1 Å². The normalized spacial score (nSPS) is 16.8. The number of hydrogen-bond donors (Lipinski definition) is 1. The van der Waals surface area contributed by atoms with Crippen molar-refractivity contribution in [3.63, 3.8) is 0 Å². The first-order chi connectivity index (χ1) is 33.5. The summed E-state index contributed by atoms with van der Waals surface area (Å²) in [5.74, 6) is 2.06. The number of furan rings is 2. The van der Waals surface area contributed by atoms with E-state index in [0.717, 1.165) is 71.9 Å². The molecule has 340 valence electrons. The van der Waals surface area contributed by atoms with Crippen molar-refractivity contribution < 1.29 is 8.83 Å². The first-order valence-corrected chi connectivity index (χ1v) is 26.1. The molecule has 10 aromatic rings. The molecule has 4 nitrogen and oxygen atoms in total. The van der Waals surface area contributed by atoms with Crippen LogP contribution in [0.4, 0.5) is 28.4 Å². The first kappa shape index (κ1) is 41.7. The van der Waals surface area contributed by atoms with Crippen LogP contribution in [0.15, 0.2) is 142 Å². The molecule has 8 aromatic carbocycles. The summed E-state index contributed by atoms with van der Waals surface area (Å²) in [5, 5.41) is 12.8. The molecule has 0 saturated heterocycles. The van der Waals surface area contributed by atoms with Gasteiger partial charge in [0.25, 0.3) is 0 Å². The van der Waals surface area contributed by atoms with Crippen molar-refractivity contribution in [3.8, 4) is 0 Å². The highest BCUT2D eigenvalue weighted by Crippen LogP contribution is 2.47. The molecule has 1 N–H and O–H groups in total. The number of rotatable bonds is 8. The van der Waals surface area contributed by atoms with Crippen LogP contribution in [0.3, 0.4) is 0 Å². The molecule has 0 bridgehead atoms. The Morgan fingerprint density at radius 1 is 0.382 bits per heavy atom. The Morgan fingerprint density at radius 3 is 1.37 bits per heavy atom. The zero-order valence-electron chi connectivity index (χ0n) is 39.8. The summed E-state index contributed by atoms with van der Waals surface area (Å²) >= 11 is 0. The molecule has 68 heavy (non-hydrogen) atoms. The number of nitrogens with zero attached hydrogens (tertiary/aromatic N) is 1. The molecule has 0 unspecified atom stereocenters. The average Bonchev–Trinajstić information content (AvgIpc) is 3.96. The standard InChI is InChI=1S/C64H62N2O2/c1-40-41(2)63-62(58-37-48-20-28-53(34-50(48)38-60(58)67-63)65-52-26-18-45(19-27-52)42-12-6-3-7-13-42)64-61(40)57-36-49-25-33-56(35-51(49)39-59(57)68-64)66(54-29-21-46(22-30-54)43-14-8-4-9-15-43)55-31-23-47(24-32-55)44-16-10-5-11-17-44/h18-39,42-44,65H,3-17H2,1-2H3. The Hall–Kier alpha value is -6.52. The largest absolute Gasteiger partial charge is 0.456 e. The van der Waals surface area contributed by atoms with Gasteiger partial charge in [-0.2, -0.15) is 0 Å². The summed E-state index contributed by atoms with van der Waals surface area (Å²) < 4.78 is 13.9. The first-order valence-electron chi connectivity index (χ1n) is 26.1. The van der Waals surface area contributed by atoms with Crippen LogP contribution in [0.2, 0.25) is 0 Å². The minimum absolute atomic E-state index is 0.677. The van der Waals surface area contributed by atoms with Crippen molar-refractivity contribution in [2.75, 3.05) is 10.2 Å². The summed E-state index contributed by atoms with van der Waals surface area (Å²) in [5.41, 5.74) is 16.1. The third kappa shape index (κ3) is 7.43. The van der Waals surface area contributed by atoms with E-state index in [1.54, 1.807) is 0 Å². The van der Waals surface area contributed by atoms with Gasteiger partial charge in [-0.15, -0.1) is 0 Å². The van der Waals surface area contributed by atoms with Gasteiger partial charge in [-0.1, -0.05) is 106 Å². The van der Waals surface area contributed by atoms with Crippen LogP contribution in [0.5, 0.6) is 0 Å². The molecule has 0 aliphatic heterocycles. The van der Waals surface area contributed by atoms with E-state index < -0.39 is 0 Å². The summed E-state index contributed by atoms with van der Waals surface area (Å²) in [6.45, 7) is 4.42. The predicted molar refractivity (Wildman–Crippen MR) is 287 cm³/mol. The van der Waals surface area contributed by atoms with Crippen LogP contribution in [-0.4, -0.2) is 0 Å². The summed E-state index contributed by atoms with van der Waals surface area (Å²) in [4.78, 5) is 2.45. The maximum Gasteiger partial charge on any atom is 0.147 e. The second-order valence-corrected chi connectivity index (χ2v) is 20.9. The van der Waals surface area contributed by atoms with Gasteiger partial charge in [0.05, 0.1) is 5.39 Å². The van der Waals surface area contributed by atoms with Crippen LogP contribution in [0, 0.1) is 13.8 Å². The van der Waals surface area contributed by atoms with Gasteiger partial charge in [0.15, 0.2) is 0 Å². The molecule has 4 heteroatoms. The highest BCUT2D eigenvalue weighted by atomic mass is 16.3. The van der Waals surface area contributed by atoms with Crippen molar-refractivity contribution in [3.05, 3.63) is 161 Å². The minimum atomic E-state index is 0.677. The number of fused-ring (bicyclic) bond motifs is 9. The van der Waals surface area contributed by atoms with Crippen molar-refractivity contribution in [2.24, 2.45) is 0 Å². The smallest absolute Gasteiger partial charge is 0.147 e. The number of hydrogen-bond acceptors (Lipinski definition) is 4. The van der Waals surface area contributed by atoms with Gasteiger partial charge in [0.1, 0.15) is 22.3 Å². The fraction of sp³-hybridized carbons (Fsp3) is 0.312. The van der Waals surface area contributed by atoms with Crippen molar-refractivity contribution in [1.82, 2.24) is 0 Å². The van der Waals surface area contributed by atoms with Gasteiger partial charge in [-0.25, -0.2) is 0 Å². The highest BCUT2D eigenvalue weighted by molar-refractivity contribution is 6.26. The second-order valence-electron chi connectivity index (χ2n) is 20.9. The van der Waals surface area contributed by atoms with Crippen LogP contribution < -0.4 is 10.2 Å². The lowest BCUT2D eigenvalue weighted by atomic mass is 9.84. The van der Waals surface area contributed by atoms with E-state index in [0.29, 0.717) is 17.8 Å². The number of benzene rings is 8. The lowest BCUT2D eigenvalue weighted by molar-refractivity contribution is 0.443. The average molecular weight is 891 g/mol. The molecule has 13 rings (SSSR count). The van der Waals surface area contributed by atoms with Crippen molar-refractivity contribution >= 4 is 93.9 Å². The van der Waals surface area contributed by atoms with Gasteiger partial charge in [0.2, 0.25) is 0 Å². The van der Waals surface area contributed by atoms with Crippen LogP contribution >= 0.6 is 0 Å². The van der Waals surface area contributed by atoms with E-state index >= 15 is 0 Å². The van der Waals surface area contributed by atoms with Crippen molar-refractivity contribution in [2.45, 2.75) is 128 Å². The fourth-order valence-corrected chi connectivity index (χ4v) is 12.8. The van der Waals surface area contributed by atoms with E-state index in [-0.39, 0.29) is 0 Å². The maximum absolute atomic E-state index is 7.05. The minimum Gasteiger partial charge on any atom is -0.456 e. The molecule has 0 atom stereocenters. The van der Waals surface area contributed by atoms with Gasteiger partial charge in [-0.3, -0.25) is 0 Å². The predicted octanol–water partition coefficient (Wildman–Crippen LogP) is 19.8. The summed E-state index contributed by atoms with van der Waals surface area (Å²) in [6.07, 6.45) is 20.1. The molecule has 3 aliphatic carbocycles. The molecule has 0 spiro atoms. The van der Waals surface area contributed by atoms with Crippen LogP contribution in [-0.2, 0) is 0 Å². The summed E-state index contributed by atoms with van der Waals surface area (Å²) in [6, 6.07) is 50.9. The molecule has 0 amide bonds. The Balaban J connectivity index is 0.869. The SMILES string of the molecule is Cc1c(C)c2c3cc4ccc(N(c5ccc(C6CCCCC6)cc5)c5ccc(C6CCCCC6)cc5)cc4cc3oc2c2c1oc1cc3cc(Nc4ccc(C5CCCCC5)cc4)ccc3cc12. The van der Waals surface area contributed by atoms with Gasteiger partial charge >= 0.3 is 0 Å². The topological polar surface area (TPSA) is 41.6 Å². The van der Waals surface area contributed by atoms with E-state index in [9.17, 15) is 0 Å². The van der Waals surface area contributed by atoms with E-state index in [1.165, 1.54) is 146 Å². The Labute approximate surface area is 400 Å². The van der Waals surface area contributed by atoms with E-state index in [2.05, 4.69) is 158 Å². The van der Waals surface area contributed by atoms with Crippen LogP contribution in [0.1, 0.15) is 142 Å². The summed E-state index contributed by atoms with van der Waals surface area (Å²) in [7, 11) is 0. The van der Waals surface area contributed by atoms with Crippen LogP contribution in [0.25, 0.3) is 65.4 Å². The van der Waals surface area contributed by atoms with Gasteiger partial charge in [0, 0.05) is 44.6 Å². The number of aryl methyl sites for hydroxylation is 2. The van der Waals surface area contributed by atoms with Crippen molar-refractivity contribution in [1.29, 1.82) is 0 Å². The molecule has 3 fully saturated rings.